The van der Waals surface area contributed by atoms with Gasteiger partial charge in [0.05, 0.1) is 30.5 Å². The molecule has 9 nitrogen and oxygen atoms in total. The molecule has 0 radical (unpaired) electrons. The van der Waals surface area contributed by atoms with Gasteiger partial charge in [-0.1, -0.05) is 20.3 Å². The average molecular weight is 426 g/mol. The highest BCUT2D eigenvalue weighted by Crippen LogP contribution is 2.35. The Bertz CT molecular complexity index is 822. The van der Waals surface area contributed by atoms with Crippen LogP contribution in [0, 0.1) is 6.92 Å². The Morgan fingerprint density at radius 1 is 1.21 bits per heavy atom. The molecule has 10 heteroatoms. The lowest BCUT2D eigenvalue weighted by Gasteiger charge is -2.38. The normalized spacial score (nSPS) is 21.5. The van der Waals surface area contributed by atoms with E-state index < -0.39 is 16.3 Å². The molecule has 0 aromatic carbocycles. The van der Waals surface area contributed by atoms with Crippen molar-refractivity contribution in [1.29, 1.82) is 0 Å². The third-order valence-corrected chi connectivity index (χ3v) is 7.76. The van der Waals surface area contributed by atoms with E-state index in [4.69, 9.17) is 4.74 Å². The highest BCUT2D eigenvalue weighted by atomic mass is 32.2. The third-order valence-electron chi connectivity index (χ3n) is 5.56. The topological polar surface area (TPSA) is 95.9 Å². The fourth-order valence-electron chi connectivity index (χ4n) is 4.00. The predicted molar refractivity (Wildman–Crippen MR) is 109 cm³/mol. The number of carbonyl (C=O) groups is 1. The van der Waals surface area contributed by atoms with Crippen molar-refractivity contribution >= 4 is 16.1 Å². The van der Waals surface area contributed by atoms with Gasteiger partial charge in [-0.3, -0.25) is 4.79 Å². The van der Waals surface area contributed by atoms with E-state index in [0.717, 1.165) is 12.8 Å². The number of amides is 1. The first-order chi connectivity index (χ1) is 13.9. The van der Waals surface area contributed by atoms with Gasteiger partial charge < -0.3 is 9.64 Å². The van der Waals surface area contributed by atoms with E-state index >= 15 is 0 Å². The maximum absolute atomic E-state index is 13.3. The first-order valence-corrected chi connectivity index (χ1v) is 11.8. The van der Waals surface area contributed by atoms with E-state index in [1.54, 1.807) is 18.0 Å². The van der Waals surface area contributed by atoms with Crippen LogP contribution in [-0.2, 0) is 14.9 Å². The molecule has 29 heavy (non-hydrogen) atoms. The molecular weight excluding hydrogens is 394 g/mol. The van der Waals surface area contributed by atoms with E-state index in [1.165, 1.54) is 8.61 Å². The van der Waals surface area contributed by atoms with Crippen LogP contribution in [-0.4, -0.2) is 83.7 Å². The minimum absolute atomic E-state index is 0.158. The number of morpholine rings is 1. The molecule has 1 amide bonds. The summed E-state index contributed by atoms with van der Waals surface area (Å²) >= 11 is 0. The van der Waals surface area contributed by atoms with Gasteiger partial charge in [-0.15, -0.1) is 0 Å². The Balaban J connectivity index is 2.00. The van der Waals surface area contributed by atoms with E-state index in [1.807, 2.05) is 13.8 Å². The van der Waals surface area contributed by atoms with Crippen molar-refractivity contribution in [3.8, 4) is 0 Å². The van der Waals surface area contributed by atoms with Crippen molar-refractivity contribution in [2.24, 2.45) is 0 Å². The monoisotopic (exact) mass is 425 g/mol. The Morgan fingerprint density at radius 2 is 1.90 bits per heavy atom. The quantitative estimate of drug-likeness (QED) is 0.683. The van der Waals surface area contributed by atoms with Crippen LogP contribution in [0.1, 0.15) is 61.0 Å². The lowest BCUT2D eigenvalue weighted by atomic mass is 9.98. The Hall–Kier alpha value is -1.62. The van der Waals surface area contributed by atoms with Crippen molar-refractivity contribution in [1.82, 2.24) is 23.5 Å². The van der Waals surface area contributed by atoms with Crippen LogP contribution in [0.5, 0.6) is 0 Å². The van der Waals surface area contributed by atoms with Crippen LogP contribution in [0.25, 0.3) is 0 Å². The van der Waals surface area contributed by atoms with Gasteiger partial charge in [-0.2, -0.15) is 17.0 Å². The van der Waals surface area contributed by atoms with Gasteiger partial charge in [0.1, 0.15) is 5.82 Å². The average Bonchev–Trinajstić information content (AvgIpc) is 2.74. The number of piperidine rings is 1. The summed E-state index contributed by atoms with van der Waals surface area (Å²) in [7, 11) is -3.64. The Kier molecular flexibility index (Phi) is 7.20. The van der Waals surface area contributed by atoms with E-state index in [2.05, 4.69) is 9.97 Å². The van der Waals surface area contributed by atoms with Crippen molar-refractivity contribution in [3.63, 3.8) is 0 Å². The molecule has 162 valence electrons. The summed E-state index contributed by atoms with van der Waals surface area (Å²) in [6.45, 7) is 8.70. The molecule has 0 saturated carbocycles. The highest BCUT2D eigenvalue weighted by molar-refractivity contribution is 7.86. The van der Waals surface area contributed by atoms with Gasteiger partial charge in [0.25, 0.3) is 16.1 Å². The SMILES string of the molecule is CCN(CC)S(=O)(=O)N1CCCC[C@H]1c1nc(C)ncc1C(=O)N1CCOCC1. The minimum Gasteiger partial charge on any atom is -0.378 e. The van der Waals surface area contributed by atoms with Crippen molar-refractivity contribution in [2.75, 3.05) is 45.9 Å². The summed E-state index contributed by atoms with van der Waals surface area (Å²) in [6.07, 6.45) is 3.88. The number of carbonyl (C=O) groups excluding carboxylic acids is 1. The second kappa shape index (κ2) is 9.46. The molecule has 0 unspecified atom stereocenters. The number of hydrogen-bond acceptors (Lipinski definition) is 6. The van der Waals surface area contributed by atoms with Crippen LogP contribution in [0.2, 0.25) is 0 Å². The van der Waals surface area contributed by atoms with Crippen LogP contribution in [0.4, 0.5) is 0 Å². The van der Waals surface area contributed by atoms with Crippen molar-refractivity contribution < 1.29 is 17.9 Å². The first kappa shape index (κ1) is 22.1. The molecule has 1 aromatic heterocycles. The number of aromatic nitrogens is 2. The van der Waals surface area contributed by atoms with Gasteiger partial charge in [0, 0.05) is 38.9 Å². The number of nitrogens with zero attached hydrogens (tertiary/aromatic N) is 5. The molecule has 0 aliphatic carbocycles. The minimum atomic E-state index is -3.64. The van der Waals surface area contributed by atoms with Crippen molar-refractivity contribution in [3.05, 3.63) is 23.3 Å². The van der Waals surface area contributed by atoms with E-state index in [0.29, 0.717) is 69.4 Å². The molecule has 3 rings (SSSR count). The number of aryl methyl sites for hydroxylation is 1. The standard InChI is InChI=1S/C19H31N5O4S/c1-4-23(5-2)29(26,27)24-9-7-6-8-17(24)18-16(14-20-15(3)21-18)19(25)22-10-12-28-13-11-22/h14,17H,4-13H2,1-3H3/t17-/m0/s1. The molecule has 2 aliphatic rings. The van der Waals surface area contributed by atoms with Gasteiger partial charge in [0.15, 0.2) is 0 Å². The number of ether oxygens (including phenoxy) is 1. The molecule has 2 fully saturated rings. The zero-order valence-electron chi connectivity index (χ0n) is 17.5. The Morgan fingerprint density at radius 3 is 2.55 bits per heavy atom. The van der Waals surface area contributed by atoms with Crippen LogP contribution < -0.4 is 0 Å². The molecule has 2 saturated heterocycles. The first-order valence-electron chi connectivity index (χ1n) is 10.4. The maximum Gasteiger partial charge on any atom is 0.282 e. The van der Waals surface area contributed by atoms with E-state index in [-0.39, 0.29) is 5.91 Å². The summed E-state index contributed by atoms with van der Waals surface area (Å²) in [5.41, 5.74) is 0.911. The van der Waals surface area contributed by atoms with Gasteiger partial charge in [-0.05, 0) is 19.8 Å². The number of rotatable bonds is 6. The molecule has 1 atom stereocenters. The predicted octanol–water partition coefficient (Wildman–Crippen LogP) is 1.37. The van der Waals surface area contributed by atoms with Crippen molar-refractivity contribution in [2.45, 2.75) is 46.1 Å². The lowest BCUT2D eigenvalue weighted by molar-refractivity contribution is 0.0300. The smallest absolute Gasteiger partial charge is 0.282 e. The molecule has 2 aliphatic heterocycles. The summed E-state index contributed by atoms with van der Waals surface area (Å²) < 4.78 is 34.9. The van der Waals surface area contributed by atoms with Crippen LogP contribution in [0.15, 0.2) is 6.20 Å². The fourth-order valence-corrected chi connectivity index (χ4v) is 5.83. The van der Waals surface area contributed by atoms with Crippen LogP contribution in [0.3, 0.4) is 0 Å². The van der Waals surface area contributed by atoms with Gasteiger partial charge in [-0.25, -0.2) is 9.97 Å². The lowest BCUT2D eigenvalue weighted by Crippen LogP contribution is -2.48. The second-order valence-electron chi connectivity index (χ2n) is 7.34. The molecule has 0 bridgehead atoms. The Labute approximate surface area is 173 Å². The molecule has 3 heterocycles. The summed E-state index contributed by atoms with van der Waals surface area (Å²) in [4.78, 5) is 23.7. The summed E-state index contributed by atoms with van der Waals surface area (Å²) in [5, 5.41) is 0. The highest BCUT2D eigenvalue weighted by Gasteiger charge is 2.39. The van der Waals surface area contributed by atoms with E-state index in [9.17, 15) is 13.2 Å². The molecule has 1 aromatic rings. The fraction of sp³-hybridized carbons (Fsp3) is 0.737. The van der Waals surface area contributed by atoms with Gasteiger partial charge >= 0.3 is 0 Å². The zero-order chi connectivity index (χ0) is 21.0. The van der Waals surface area contributed by atoms with Gasteiger partial charge in [0.2, 0.25) is 0 Å². The number of hydrogen-bond donors (Lipinski definition) is 0. The largest absolute Gasteiger partial charge is 0.378 e. The molecule has 0 N–H and O–H groups in total. The zero-order valence-corrected chi connectivity index (χ0v) is 18.3. The third kappa shape index (κ3) is 4.60. The summed E-state index contributed by atoms with van der Waals surface area (Å²) in [6, 6.07) is -0.462. The second-order valence-corrected chi connectivity index (χ2v) is 9.22. The molecule has 0 spiro atoms. The maximum atomic E-state index is 13.3. The van der Waals surface area contributed by atoms with Crippen LogP contribution >= 0.6 is 0 Å². The molecular formula is C19H31N5O4S. The summed E-state index contributed by atoms with van der Waals surface area (Å²) in [5.74, 6) is 0.373.